The normalized spacial score (nSPS) is 13.0. The van der Waals surface area contributed by atoms with E-state index in [1.165, 1.54) is 17.0 Å². The van der Waals surface area contributed by atoms with Crippen LogP contribution in [0.25, 0.3) is 0 Å². The first-order valence-electron chi connectivity index (χ1n) is 11.6. The van der Waals surface area contributed by atoms with Crippen molar-refractivity contribution in [1.82, 2.24) is 10.2 Å². The standard InChI is InChI=1S/C25H33Cl2N3O5S/c1-6-17(3)28-25(32)21(7-2)29(15-18-11-13-19(35-4)14-12-18)23(31)16-30(36(5,33)34)22-10-8-9-20(26)24(22)27/h8-14,17,21H,6-7,15-16H2,1-5H3,(H,28,32)/t17-,21+/m1/s1. The molecule has 0 aliphatic heterocycles. The third-order valence-corrected chi connectivity index (χ3v) is 7.71. The first-order chi connectivity index (χ1) is 16.9. The summed E-state index contributed by atoms with van der Waals surface area (Å²) in [5, 5.41) is 3.10. The summed E-state index contributed by atoms with van der Waals surface area (Å²) in [4.78, 5) is 28.2. The van der Waals surface area contributed by atoms with Crippen LogP contribution in [0, 0.1) is 0 Å². The Morgan fingerprint density at radius 3 is 2.22 bits per heavy atom. The van der Waals surface area contributed by atoms with Gasteiger partial charge in [-0.3, -0.25) is 13.9 Å². The molecular weight excluding hydrogens is 525 g/mol. The first-order valence-corrected chi connectivity index (χ1v) is 14.2. The molecule has 0 spiro atoms. The molecule has 0 aliphatic carbocycles. The minimum Gasteiger partial charge on any atom is -0.497 e. The average Bonchev–Trinajstić information content (AvgIpc) is 2.83. The second-order valence-electron chi connectivity index (χ2n) is 8.45. The monoisotopic (exact) mass is 557 g/mol. The number of nitrogens with zero attached hydrogens (tertiary/aromatic N) is 2. The number of carbonyl (C=O) groups is 2. The summed E-state index contributed by atoms with van der Waals surface area (Å²) >= 11 is 12.4. The van der Waals surface area contributed by atoms with Gasteiger partial charge in [0.05, 0.1) is 29.1 Å². The number of rotatable bonds is 12. The van der Waals surface area contributed by atoms with Crippen molar-refractivity contribution in [3.05, 3.63) is 58.1 Å². The van der Waals surface area contributed by atoms with Gasteiger partial charge in [0.25, 0.3) is 0 Å². The van der Waals surface area contributed by atoms with Crippen LogP contribution in [0.15, 0.2) is 42.5 Å². The lowest BCUT2D eigenvalue weighted by atomic mass is 10.1. The van der Waals surface area contributed by atoms with Crippen molar-refractivity contribution >= 4 is 50.7 Å². The fourth-order valence-corrected chi connectivity index (χ4v) is 4.87. The molecule has 198 valence electrons. The van der Waals surface area contributed by atoms with E-state index < -0.39 is 28.5 Å². The van der Waals surface area contributed by atoms with Gasteiger partial charge in [-0.25, -0.2) is 8.42 Å². The van der Waals surface area contributed by atoms with Gasteiger partial charge in [-0.2, -0.15) is 0 Å². The van der Waals surface area contributed by atoms with E-state index in [1.807, 2.05) is 13.8 Å². The van der Waals surface area contributed by atoms with Crippen LogP contribution in [0.3, 0.4) is 0 Å². The molecule has 0 bridgehead atoms. The number of carbonyl (C=O) groups excluding carboxylic acids is 2. The van der Waals surface area contributed by atoms with Crippen LogP contribution < -0.4 is 14.4 Å². The summed E-state index contributed by atoms with van der Waals surface area (Å²) in [5.74, 6) is -0.212. The van der Waals surface area contributed by atoms with Crippen molar-refractivity contribution in [1.29, 1.82) is 0 Å². The molecule has 0 heterocycles. The number of methoxy groups -OCH3 is 1. The maximum Gasteiger partial charge on any atom is 0.244 e. The third-order valence-electron chi connectivity index (χ3n) is 5.78. The number of benzene rings is 2. The molecule has 0 unspecified atom stereocenters. The zero-order valence-corrected chi connectivity index (χ0v) is 23.5. The Hall–Kier alpha value is -2.49. The van der Waals surface area contributed by atoms with Gasteiger partial charge in [0.15, 0.2) is 0 Å². The van der Waals surface area contributed by atoms with E-state index in [4.69, 9.17) is 27.9 Å². The topological polar surface area (TPSA) is 96.0 Å². The van der Waals surface area contributed by atoms with Crippen LogP contribution in [0.4, 0.5) is 5.69 Å². The zero-order chi connectivity index (χ0) is 27.0. The molecule has 0 saturated heterocycles. The van der Waals surface area contributed by atoms with E-state index in [1.54, 1.807) is 44.4 Å². The van der Waals surface area contributed by atoms with E-state index in [9.17, 15) is 18.0 Å². The zero-order valence-electron chi connectivity index (χ0n) is 21.1. The molecule has 0 radical (unpaired) electrons. The predicted octanol–water partition coefficient (Wildman–Crippen LogP) is 4.49. The highest BCUT2D eigenvalue weighted by molar-refractivity contribution is 7.92. The van der Waals surface area contributed by atoms with E-state index >= 15 is 0 Å². The molecule has 0 saturated carbocycles. The largest absolute Gasteiger partial charge is 0.497 e. The number of halogens is 2. The summed E-state index contributed by atoms with van der Waals surface area (Å²) in [5.41, 5.74) is 0.840. The highest BCUT2D eigenvalue weighted by Gasteiger charge is 2.32. The van der Waals surface area contributed by atoms with Gasteiger partial charge in [0.2, 0.25) is 21.8 Å². The summed E-state index contributed by atoms with van der Waals surface area (Å²) in [6, 6.07) is 10.8. The van der Waals surface area contributed by atoms with Crippen LogP contribution >= 0.6 is 23.2 Å². The number of ether oxygens (including phenoxy) is 1. The molecule has 0 aliphatic rings. The van der Waals surface area contributed by atoms with Crippen LogP contribution in [-0.2, 0) is 26.2 Å². The maximum absolute atomic E-state index is 13.7. The molecule has 2 aromatic carbocycles. The Bertz CT molecular complexity index is 1160. The Morgan fingerprint density at radius 1 is 1.06 bits per heavy atom. The lowest BCUT2D eigenvalue weighted by Crippen LogP contribution is -2.53. The Labute approximate surface area is 223 Å². The fraction of sp³-hybridized carbons (Fsp3) is 0.440. The van der Waals surface area contributed by atoms with Crippen molar-refractivity contribution in [2.75, 3.05) is 24.2 Å². The second kappa shape index (κ2) is 13.2. The lowest BCUT2D eigenvalue weighted by molar-refractivity contribution is -0.140. The number of hydrogen-bond acceptors (Lipinski definition) is 5. The number of amides is 2. The van der Waals surface area contributed by atoms with Crippen LogP contribution in [0.5, 0.6) is 5.75 Å². The number of anilines is 1. The number of hydrogen-bond donors (Lipinski definition) is 1. The number of sulfonamides is 1. The van der Waals surface area contributed by atoms with E-state index in [-0.39, 0.29) is 34.2 Å². The Kier molecular flexibility index (Phi) is 10.9. The Morgan fingerprint density at radius 2 is 1.69 bits per heavy atom. The van der Waals surface area contributed by atoms with Gasteiger partial charge in [0, 0.05) is 12.6 Å². The van der Waals surface area contributed by atoms with Crippen LogP contribution in [0.2, 0.25) is 10.0 Å². The molecule has 2 rings (SSSR count). The summed E-state index contributed by atoms with van der Waals surface area (Å²) < 4.78 is 31.5. The maximum atomic E-state index is 13.7. The second-order valence-corrected chi connectivity index (χ2v) is 11.1. The summed E-state index contributed by atoms with van der Waals surface area (Å²) in [7, 11) is -2.36. The van der Waals surface area contributed by atoms with Gasteiger partial charge < -0.3 is 15.0 Å². The molecule has 8 nitrogen and oxygen atoms in total. The van der Waals surface area contributed by atoms with E-state index in [0.717, 1.165) is 22.5 Å². The fourth-order valence-electron chi connectivity index (χ4n) is 3.57. The molecule has 0 fully saturated rings. The summed E-state index contributed by atoms with van der Waals surface area (Å²) in [6.45, 7) is 5.17. The first kappa shape index (κ1) is 29.7. The molecular formula is C25H33Cl2N3O5S. The lowest BCUT2D eigenvalue weighted by Gasteiger charge is -2.33. The highest BCUT2D eigenvalue weighted by Crippen LogP contribution is 2.33. The summed E-state index contributed by atoms with van der Waals surface area (Å²) in [6.07, 6.45) is 2.04. The van der Waals surface area contributed by atoms with E-state index in [0.29, 0.717) is 12.2 Å². The van der Waals surface area contributed by atoms with Gasteiger partial charge in [-0.15, -0.1) is 0 Å². The molecule has 2 aromatic rings. The molecule has 11 heteroatoms. The minimum absolute atomic E-state index is 0.0145. The quantitative estimate of drug-likeness (QED) is 0.414. The van der Waals surface area contributed by atoms with Gasteiger partial charge >= 0.3 is 0 Å². The molecule has 1 N–H and O–H groups in total. The molecule has 2 atom stereocenters. The van der Waals surface area contributed by atoms with Gasteiger partial charge in [0.1, 0.15) is 18.3 Å². The number of nitrogens with one attached hydrogen (secondary N) is 1. The van der Waals surface area contributed by atoms with Crippen LogP contribution in [0.1, 0.15) is 39.2 Å². The predicted molar refractivity (Wildman–Crippen MR) is 144 cm³/mol. The van der Waals surface area contributed by atoms with Gasteiger partial charge in [-0.1, -0.05) is 55.2 Å². The SMILES string of the molecule is CC[C@@H](C)NC(=O)[C@H](CC)N(Cc1ccc(OC)cc1)C(=O)CN(c1cccc(Cl)c1Cl)S(C)(=O)=O. The minimum atomic E-state index is -3.92. The smallest absolute Gasteiger partial charge is 0.244 e. The molecule has 36 heavy (non-hydrogen) atoms. The van der Waals surface area contributed by atoms with Crippen LogP contribution in [-0.4, -0.2) is 57.1 Å². The van der Waals surface area contributed by atoms with Gasteiger partial charge in [-0.05, 0) is 49.6 Å². The van der Waals surface area contributed by atoms with Crippen molar-refractivity contribution in [3.8, 4) is 5.75 Å². The van der Waals surface area contributed by atoms with E-state index in [2.05, 4.69) is 5.32 Å². The highest BCUT2D eigenvalue weighted by atomic mass is 35.5. The average molecular weight is 559 g/mol. The van der Waals surface area contributed by atoms with Crippen molar-refractivity contribution in [2.45, 2.75) is 52.2 Å². The molecule has 0 aromatic heterocycles. The van der Waals surface area contributed by atoms with Crippen molar-refractivity contribution in [2.24, 2.45) is 0 Å². The molecule has 2 amide bonds. The Balaban J connectivity index is 2.48. The third kappa shape index (κ3) is 7.75. The van der Waals surface area contributed by atoms with Crippen molar-refractivity contribution in [3.63, 3.8) is 0 Å². The van der Waals surface area contributed by atoms with Crippen molar-refractivity contribution < 1.29 is 22.7 Å².